The molecule has 0 spiro atoms. The number of halogens is 1. The predicted octanol–water partition coefficient (Wildman–Crippen LogP) is 5.22. The quantitative estimate of drug-likeness (QED) is 0.766. The first-order chi connectivity index (χ1) is 9.60. The van der Waals surface area contributed by atoms with Gasteiger partial charge in [0.2, 0.25) is 0 Å². The molecule has 0 bridgehead atoms. The number of thioether (sulfide) groups is 1. The fraction of sp³-hybridized carbons (Fsp3) is 0.294. The molecule has 2 unspecified atom stereocenters. The molecule has 2 aromatic carbocycles. The lowest BCUT2D eigenvalue weighted by Crippen LogP contribution is -2.25. The molecule has 0 aliphatic carbocycles. The van der Waals surface area contributed by atoms with Crippen LogP contribution in [0.5, 0.6) is 0 Å². The van der Waals surface area contributed by atoms with Crippen LogP contribution in [0.1, 0.15) is 29.7 Å². The van der Waals surface area contributed by atoms with Gasteiger partial charge in [0.05, 0.1) is 0 Å². The van der Waals surface area contributed by atoms with Crippen molar-refractivity contribution in [3.05, 3.63) is 64.7 Å². The van der Waals surface area contributed by atoms with E-state index in [0.29, 0.717) is 0 Å². The van der Waals surface area contributed by atoms with Crippen LogP contribution in [0.15, 0.2) is 53.4 Å². The second kappa shape index (κ2) is 7.16. The highest BCUT2D eigenvalue weighted by Crippen LogP contribution is 2.38. The fourth-order valence-corrected chi connectivity index (χ4v) is 3.70. The Bertz CT molecular complexity index is 570. The van der Waals surface area contributed by atoms with Gasteiger partial charge in [-0.1, -0.05) is 54.4 Å². The Hall–Kier alpha value is -0.960. The molecule has 0 fully saturated rings. The van der Waals surface area contributed by atoms with E-state index < -0.39 is 0 Å². The van der Waals surface area contributed by atoms with Gasteiger partial charge in [-0.2, -0.15) is 0 Å². The van der Waals surface area contributed by atoms with Crippen LogP contribution in [0.4, 0.5) is 0 Å². The molecular formula is C17H20ClNS. The maximum absolute atomic E-state index is 6.33. The fourth-order valence-electron chi connectivity index (χ4n) is 2.15. The Balaban J connectivity index is 2.29. The standard InChI is InChI=1S/C17H20ClNS/c1-3-16(19)17(13-7-4-6-12(2)10-13)20-15-9-5-8-14(18)11-15/h4-11,16-17H,3,19H2,1-2H3. The summed E-state index contributed by atoms with van der Waals surface area (Å²) in [6.07, 6.45) is 0.951. The Kier molecular flexibility index (Phi) is 5.53. The Labute approximate surface area is 130 Å². The lowest BCUT2D eigenvalue weighted by Gasteiger charge is -2.23. The van der Waals surface area contributed by atoms with Crippen molar-refractivity contribution in [2.24, 2.45) is 5.73 Å². The van der Waals surface area contributed by atoms with Gasteiger partial charge >= 0.3 is 0 Å². The van der Waals surface area contributed by atoms with Gasteiger partial charge in [0.25, 0.3) is 0 Å². The van der Waals surface area contributed by atoms with Crippen LogP contribution >= 0.6 is 23.4 Å². The van der Waals surface area contributed by atoms with Crippen molar-refractivity contribution < 1.29 is 0 Å². The van der Waals surface area contributed by atoms with Crippen molar-refractivity contribution in [3.8, 4) is 0 Å². The minimum atomic E-state index is 0.126. The molecule has 0 aliphatic rings. The Morgan fingerprint density at radius 1 is 1.15 bits per heavy atom. The number of hydrogen-bond acceptors (Lipinski definition) is 2. The van der Waals surface area contributed by atoms with Crippen LogP contribution < -0.4 is 5.73 Å². The van der Waals surface area contributed by atoms with Crippen molar-refractivity contribution in [3.63, 3.8) is 0 Å². The predicted molar refractivity (Wildman–Crippen MR) is 89.5 cm³/mol. The van der Waals surface area contributed by atoms with Crippen molar-refractivity contribution in [2.45, 2.75) is 36.5 Å². The number of hydrogen-bond donors (Lipinski definition) is 1. The molecule has 2 rings (SSSR count). The highest BCUT2D eigenvalue weighted by atomic mass is 35.5. The van der Waals surface area contributed by atoms with Gasteiger partial charge in [-0.25, -0.2) is 0 Å². The summed E-state index contributed by atoms with van der Waals surface area (Å²) in [5.74, 6) is 0. The molecule has 2 N–H and O–H groups in total. The summed E-state index contributed by atoms with van der Waals surface area (Å²) in [5.41, 5.74) is 8.88. The Morgan fingerprint density at radius 2 is 1.90 bits per heavy atom. The van der Waals surface area contributed by atoms with Gasteiger partial charge in [-0.05, 0) is 37.1 Å². The zero-order valence-corrected chi connectivity index (χ0v) is 13.4. The van der Waals surface area contributed by atoms with E-state index in [9.17, 15) is 0 Å². The topological polar surface area (TPSA) is 26.0 Å². The number of aryl methyl sites for hydroxylation is 1. The van der Waals surface area contributed by atoms with Crippen molar-refractivity contribution in [1.82, 2.24) is 0 Å². The molecule has 20 heavy (non-hydrogen) atoms. The lowest BCUT2D eigenvalue weighted by molar-refractivity contribution is 0.634. The summed E-state index contributed by atoms with van der Waals surface area (Å²) in [6, 6.07) is 16.7. The molecule has 1 nitrogen and oxygen atoms in total. The molecule has 2 aromatic rings. The average molecular weight is 306 g/mol. The first kappa shape index (κ1) is 15.4. The first-order valence-corrected chi connectivity index (χ1v) is 8.10. The van der Waals surface area contributed by atoms with Gasteiger partial charge in [0.1, 0.15) is 0 Å². The highest BCUT2D eigenvalue weighted by Gasteiger charge is 2.20. The van der Waals surface area contributed by atoms with E-state index in [0.717, 1.165) is 16.3 Å². The number of benzene rings is 2. The van der Waals surface area contributed by atoms with E-state index >= 15 is 0 Å². The van der Waals surface area contributed by atoms with Crippen molar-refractivity contribution in [1.29, 1.82) is 0 Å². The summed E-state index contributed by atoms with van der Waals surface area (Å²) >= 11 is 7.86. The highest BCUT2D eigenvalue weighted by molar-refractivity contribution is 7.99. The largest absolute Gasteiger partial charge is 0.326 e. The van der Waals surface area contributed by atoms with Crippen LogP contribution in [0.25, 0.3) is 0 Å². The number of nitrogens with two attached hydrogens (primary N) is 1. The molecule has 0 saturated carbocycles. The molecular weight excluding hydrogens is 286 g/mol. The van der Waals surface area contributed by atoms with Crippen molar-refractivity contribution >= 4 is 23.4 Å². The van der Waals surface area contributed by atoms with E-state index in [1.54, 1.807) is 11.8 Å². The SMILES string of the molecule is CCC(N)C(Sc1cccc(Cl)c1)c1cccc(C)c1. The van der Waals surface area contributed by atoms with E-state index in [1.165, 1.54) is 11.1 Å². The molecule has 0 radical (unpaired) electrons. The van der Waals surface area contributed by atoms with Crippen LogP contribution in [0, 0.1) is 6.92 Å². The number of rotatable bonds is 5. The van der Waals surface area contributed by atoms with E-state index in [-0.39, 0.29) is 11.3 Å². The van der Waals surface area contributed by atoms with Crippen LogP contribution in [0.3, 0.4) is 0 Å². The van der Waals surface area contributed by atoms with E-state index in [1.807, 2.05) is 18.2 Å². The molecule has 3 heteroatoms. The second-order valence-electron chi connectivity index (χ2n) is 4.98. The van der Waals surface area contributed by atoms with E-state index in [4.69, 9.17) is 17.3 Å². The molecule has 2 atom stereocenters. The molecule has 0 amide bonds. The van der Waals surface area contributed by atoms with Gasteiger partial charge in [0.15, 0.2) is 0 Å². The molecule has 0 aliphatic heterocycles. The minimum absolute atomic E-state index is 0.126. The normalized spacial score (nSPS) is 14.0. The summed E-state index contributed by atoms with van der Waals surface area (Å²) in [6.45, 7) is 4.24. The molecule has 0 heterocycles. The van der Waals surface area contributed by atoms with Gasteiger partial charge < -0.3 is 5.73 Å². The summed E-state index contributed by atoms with van der Waals surface area (Å²) in [5, 5.41) is 1.02. The lowest BCUT2D eigenvalue weighted by atomic mass is 10.0. The van der Waals surface area contributed by atoms with Gasteiger partial charge in [-0.3, -0.25) is 0 Å². The summed E-state index contributed by atoms with van der Waals surface area (Å²) < 4.78 is 0. The zero-order chi connectivity index (χ0) is 14.5. The second-order valence-corrected chi connectivity index (χ2v) is 6.63. The third-order valence-electron chi connectivity index (χ3n) is 3.29. The molecule has 0 aromatic heterocycles. The average Bonchev–Trinajstić information content (AvgIpc) is 2.44. The Morgan fingerprint density at radius 3 is 2.55 bits per heavy atom. The first-order valence-electron chi connectivity index (χ1n) is 6.84. The smallest absolute Gasteiger partial charge is 0.0495 e. The van der Waals surface area contributed by atoms with Crippen molar-refractivity contribution in [2.75, 3.05) is 0 Å². The maximum atomic E-state index is 6.33. The van der Waals surface area contributed by atoms with Crippen LogP contribution in [-0.4, -0.2) is 6.04 Å². The van der Waals surface area contributed by atoms with E-state index in [2.05, 4.69) is 44.2 Å². The van der Waals surface area contributed by atoms with Gasteiger partial charge in [-0.15, -0.1) is 11.8 Å². The monoisotopic (exact) mass is 305 g/mol. The third kappa shape index (κ3) is 4.02. The third-order valence-corrected chi connectivity index (χ3v) is 4.93. The minimum Gasteiger partial charge on any atom is -0.326 e. The van der Waals surface area contributed by atoms with Gasteiger partial charge in [0, 0.05) is 21.2 Å². The summed E-state index contributed by atoms with van der Waals surface area (Å²) in [7, 11) is 0. The summed E-state index contributed by atoms with van der Waals surface area (Å²) in [4.78, 5) is 1.16. The molecule has 0 saturated heterocycles. The van der Waals surface area contributed by atoms with Crippen LogP contribution in [-0.2, 0) is 0 Å². The molecule has 106 valence electrons. The maximum Gasteiger partial charge on any atom is 0.0495 e. The zero-order valence-electron chi connectivity index (χ0n) is 11.8. The van der Waals surface area contributed by atoms with Crippen LogP contribution in [0.2, 0.25) is 5.02 Å².